The molecule has 0 amide bonds. The van der Waals surface area contributed by atoms with Crippen LogP contribution in [0.3, 0.4) is 0 Å². The lowest BCUT2D eigenvalue weighted by molar-refractivity contribution is 0.135. The summed E-state index contributed by atoms with van der Waals surface area (Å²) in [6.45, 7) is 17.1. The van der Waals surface area contributed by atoms with Crippen LogP contribution in [0.4, 0.5) is 0 Å². The first kappa shape index (κ1) is 22.0. The van der Waals surface area contributed by atoms with Gasteiger partial charge >= 0.3 is 0 Å². The van der Waals surface area contributed by atoms with Crippen LogP contribution in [0.2, 0.25) is 0 Å². The molecule has 0 aromatic carbocycles. The molecule has 0 bridgehead atoms. The maximum atomic E-state index is 2.67. The first-order valence-corrected chi connectivity index (χ1v) is 11.1. The van der Waals surface area contributed by atoms with Crippen molar-refractivity contribution in [1.29, 1.82) is 0 Å². The van der Waals surface area contributed by atoms with Gasteiger partial charge in [0.15, 0.2) is 0 Å². The molecule has 0 aromatic rings. The molecule has 0 N–H and O–H groups in total. The van der Waals surface area contributed by atoms with E-state index in [9.17, 15) is 0 Å². The van der Waals surface area contributed by atoms with Gasteiger partial charge in [0.2, 0.25) is 0 Å². The number of hydrogen-bond donors (Lipinski definition) is 0. The van der Waals surface area contributed by atoms with E-state index in [1.807, 2.05) is 0 Å². The van der Waals surface area contributed by atoms with Gasteiger partial charge in [-0.1, -0.05) is 85.5 Å². The van der Waals surface area contributed by atoms with Gasteiger partial charge in [0.05, 0.1) is 0 Å². The maximum absolute atomic E-state index is 2.67. The summed E-state index contributed by atoms with van der Waals surface area (Å²) in [5.41, 5.74) is 0. The van der Waals surface area contributed by atoms with Gasteiger partial charge < -0.3 is 9.80 Å². The van der Waals surface area contributed by atoms with Crippen molar-refractivity contribution < 1.29 is 0 Å². The predicted molar refractivity (Wildman–Crippen MR) is 109 cm³/mol. The molecule has 24 heavy (non-hydrogen) atoms. The van der Waals surface area contributed by atoms with Crippen molar-refractivity contribution in [2.24, 2.45) is 11.8 Å². The lowest BCUT2D eigenvalue weighted by atomic mass is 9.94. The fraction of sp³-hybridized carbons (Fsp3) is 1.00. The zero-order chi connectivity index (χ0) is 17.6. The van der Waals surface area contributed by atoms with E-state index in [-0.39, 0.29) is 0 Å². The van der Waals surface area contributed by atoms with Gasteiger partial charge in [-0.15, -0.1) is 0 Å². The summed E-state index contributed by atoms with van der Waals surface area (Å²) in [6.07, 6.45) is 14.5. The Balaban J connectivity index is 1.81. The van der Waals surface area contributed by atoms with E-state index >= 15 is 0 Å². The van der Waals surface area contributed by atoms with Crippen LogP contribution in [0.25, 0.3) is 0 Å². The van der Waals surface area contributed by atoms with Crippen molar-refractivity contribution in [3.63, 3.8) is 0 Å². The average molecular weight is 339 g/mol. The van der Waals surface area contributed by atoms with Gasteiger partial charge in [0.1, 0.15) is 0 Å². The van der Waals surface area contributed by atoms with E-state index < -0.39 is 0 Å². The lowest BCUT2D eigenvalue weighted by Gasteiger charge is -2.33. The topological polar surface area (TPSA) is 6.48 Å². The monoisotopic (exact) mass is 338 g/mol. The fourth-order valence-corrected chi connectivity index (χ4v) is 3.80. The number of nitrogens with zero attached hydrogens (tertiary/aromatic N) is 2. The van der Waals surface area contributed by atoms with Gasteiger partial charge in [0, 0.05) is 26.2 Å². The molecule has 0 saturated carbocycles. The number of hydrogen-bond acceptors (Lipinski definition) is 2. The van der Waals surface area contributed by atoms with E-state index in [2.05, 4.69) is 37.5 Å². The highest BCUT2D eigenvalue weighted by molar-refractivity contribution is 4.70. The summed E-state index contributed by atoms with van der Waals surface area (Å²) in [4.78, 5) is 5.24. The summed E-state index contributed by atoms with van der Waals surface area (Å²) in [5.74, 6) is 1.82. The quantitative estimate of drug-likeness (QED) is 0.368. The first-order chi connectivity index (χ1) is 11.6. The van der Waals surface area contributed by atoms with Crippen LogP contribution >= 0.6 is 0 Å². The van der Waals surface area contributed by atoms with Crippen LogP contribution in [0.15, 0.2) is 0 Å². The number of piperazine rings is 1. The molecule has 1 atom stereocenters. The van der Waals surface area contributed by atoms with Gasteiger partial charge in [-0.3, -0.25) is 0 Å². The molecule has 1 unspecified atom stereocenters. The Labute approximate surface area is 153 Å². The van der Waals surface area contributed by atoms with E-state index in [4.69, 9.17) is 0 Å². The Kier molecular flexibility index (Phi) is 12.9. The van der Waals surface area contributed by atoms with Crippen molar-refractivity contribution in [2.45, 2.75) is 91.9 Å². The molecule has 2 nitrogen and oxygen atoms in total. The average Bonchev–Trinajstić information content (AvgIpc) is 2.59. The molecule has 1 aliphatic rings. The van der Waals surface area contributed by atoms with E-state index in [0.717, 1.165) is 11.8 Å². The van der Waals surface area contributed by atoms with Crippen LogP contribution < -0.4 is 0 Å². The molecule has 0 aliphatic carbocycles. The molecule has 144 valence electrons. The molecule has 1 heterocycles. The Morgan fingerprint density at radius 1 is 0.625 bits per heavy atom. The SMILES string of the molecule is CCN1CCN(CCCCCCCCCC(C)CCC(C)C)CC1. The molecule has 1 aliphatic heterocycles. The highest BCUT2D eigenvalue weighted by atomic mass is 15.3. The highest BCUT2D eigenvalue weighted by Crippen LogP contribution is 2.18. The second kappa shape index (κ2) is 14.1. The second-order valence-corrected chi connectivity index (χ2v) is 8.62. The van der Waals surface area contributed by atoms with E-state index in [1.165, 1.54) is 103 Å². The Morgan fingerprint density at radius 2 is 1.17 bits per heavy atom. The van der Waals surface area contributed by atoms with Gasteiger partial charge in [-0.2, -0.15) is 0 Å². The minimum Gasteiger partial charge on any atom is -0.301 e. The molecule has 1 fully saturated rings. The minimum atomic E-state index is 0.878. The van der Waals surface area contributed by atoms with Gasteiger partial charge in [-0.05, 0) is 31.3 Å². The third-order valence-corrected chi connectivity index (χ3v) is 5.82. The Bertz CT molecular complexity index is 269. The van der Waals surface area contributed by atoms with Crippen molar-refractivity contribution in [2.75, 3.05) is 39.3 Å². The second-order valence-electron chi connectivity index (χ2n) is 8.62. The van der Waals surface area contributed by atoms with Crippen molar-refractivity contribution in [3.8, 4) is 0 Å². The third kappa shape index (κ3) is 11.5. The number of rotatable bonds is 14. The van der Waals surface area contributed by atoms with Crippen LogP contribution in [0.5, 0.6) is 0 Å². The van der Waals surface area contributed by atoms with Gasteiger partial charge in [0.25, 0.3) is 0 Å². The van der Waals surface area contributed by atoms with Gasteiger partial charge in [-0.25, -0.2) is 0 Å². The van der Waals surface area contributed by atoms with E-state index in [1.54, 1.807) is 0 Å². The van der Waals surface area contributed by atoms with Crippen LogP contribution in [-0.4, -0.2) is 49.1 Å². The van der Waals surface area contributed by atoms with Crippen molar-refractivity contribution in [3.05, 3.63) is 0 Å². The first-order valence-electron chi connectivity index (χ1n) is 11.1. The highest BCUT2D eigenvalue weighted by Gasteiger charge is 2.14. The number of unbranched alkanes of at least 4 members (excludes halogenated alkanes) is 6. The lowest BCUT2D eigenvalue weighted by Crippen LogP contribution is -2.46. The summed E-state index contributed by atoms with van der Waals surface area (Å²) < 4.78 is 0. The Hall–Kier alpha value is -0.0800. The summed E-state index contributed by atoms with van der Waals surface area (Å²) in [5, 5.41) is 0. The molecular weight excluding hydrogens is 292 g/mol. The minimum absolute atomic E-state index is 0.878. The molecule has 0 radical (unpaired) electrons. The molecular formula is C22H46N2. The van der Waals surface area contributed by atoms with Crippen LogP contribution in [-0.2, 0) is 0 Å². The summed E-state index contributed by atoms with van der Waals surface area (Å²) >= 11 is 0. The maximum Gasteiger partial charge on any atom is 0.0110 e. The molecule has 0 spiro atoms. The van der Waals surface area contributed by atoms with Crippen LogP contribution in [0.1, 0.15) is 91.9 Å². The molecule has 0 aromatic heterocycles. The largest absolute Gasteiger partial charge is 0.301 e. The van der Waals surface area contributed by atoms with Crippen molar-refractivity contribution in [1.82, 2.24) is 9.80 Å². The molecule has 1 rings (SSSR count). The molecule has 2 heteroatoms. The van der Waals surface area contributed by atoms with Crippen molar-refractivity contribution >= 4 is 0 Å². The standard InChI is InChI=1S/C22H46N2/c1-5-23-17-19-24(20-18-23)16-12-10-8-6-7-9-11-13-22(4)15-14-21(2)3/h21-22H,5-20H2,1-4H3. The zero-order valence-electron chi connectivity index (χ0n) is 17.4. The normalized spacial score (nSPS) is 18.4. The Morgan fingerprint density at radius 3 is 1.75 bits per heavy atom. The fourth-order valence-electron chi connectivity index (χ4n) is 3.80. The smallest absolute Gasteiger partial charge is 0.0110 e. The summed E-state index contributed by atoms with van der Waals surface area (Å²) in [7, 11) is 0. The molecule has 1 saturated heterocycles. The third-order valence-electron chi connectivity index (χ3n) is 5.82. The zero-order valence-corrected chi connectivity index (χ0v) is 17.4. The van der Waals surface area contributed by atoms with E-state index in [0.29, 0.717) is 0 Å². The predicted octanol–water partition coefficient (Wildman–Crippen LogP) is 5.82. The number of likely N-dealkylation sites (N-methyl/N-ethyl adjacent to an activating group) is 1. The summed E-state index contributed by atoms with van der Waals surface area (Å²) in [6, 6.07) is 0. The van der Waals surface area contributed by atoms with Crippen LogP contribution in [0, 0.1) is 11.8 Å².